The fourth-order valence-electron chi connectivity index (χ4n) is 4.02. The Morgan fingerprint density at radius 1 is 1.23 bits per heavy atom. The number of benzene rings is 1. The number of nitrogens with zero attached hydrogens (tertiary/aromatic N) is 2. The monoisotopic (exact) mass is 358 g/mol. The normalized spacial score (nSPS) is 26.2. The molecular formula is C20H26N2O4. The molecule has 2 heterocycles. The summed E-state index contributed by atoms with van der Waals surface area (Å²) in [5.41, 5.74) is 2.22. The molecule has 3 rings (SSSR count). The molecule has 2 aliphatic rings. The van der Waals surface area contributed by atoms with Gasteiger partial charge in [0.05, 0.1) is 11.8 Å². The second kappa shape index (κ2) is 7.48. The first-order valence-electron chi connectivity index (χ1n) is 9.23. The lowest BCUT2D eigenvalue weighted by Gasteiger charge is -2.38. The summed E-state index contributed by atoms with van der Waals surface area (Å²) < 4.78 is 0. The maximum Gasteiger partial charge on any atom is 0.308 e. The van der Waals surface area contributed by atoms with Gasteiger partial charge in [-0.2, -0.15) is 0 Å². The van der Waals surface area contributed by atoms with Crippen molar-refractivity contribution in [1.82, 2.24) is 9.80 Å². The molecule has 6 heteroatoms. The van der Waals surface area contributed by atoms with Crippen molar-refractivity contribution in [3.63, 3.8) is 0 Å². The first-order chi connectivity index (χ1) is 12.4. The Morgan fingerprint density at radius 3 is 2.58 bits per heavy atom. The molecule has 6 nitrogen and oxygen atoms in total. The van der Waals surface area contributed by atoms with E-state index in [0.29, 0.717) is 32.5 Å². The van der Waals surface area contributed by atoms with Crippen LogP contribution in [0, 0.1) is 18.8 Å². The van der Waals surface area contributed by atoms with Crippen molar-refractivity contribution >= 4 is 17.8 Å². The summed E-state index contributed by atoms with van der Waals surface area (Å²) in [4.78, 5) is 40.1. The first-order valence-corrected chi connectivity index (χ1v) is 9.23. The van der Waals surface area contributed by atoms with Gasteiger partial charge in [-0.15, -0.1) is 0 Å². The highest BCUT2D eigenvalue weighted by Crippen LogP contribution is 2.28. The summed E-state index contributed by atoms with van der Waals surface area (Å²) in [6.45, 7) is 5.31. The highest BCUT2D eigenvalue weighted by atomic mass is 16.4. The lowest BCUT2D eigenvalue weighted by Crippen LogP contribution is -2.51. The fraction of sp³-hybridized carbons (Fsp3) is 0.550. The molecule has 3 atom stereocenters. The van der Waals surface area contributed by atoms with Gasteiger partial charge in [-0.3, -0.25) is 14.4 Å². The summed E-state index contributed by atoms with van der Waals surface area (Å²) in [7, 11) is 0. The van der Waals surface area contributed by atoms with Gasteiger partial charge in [-0.25, -0.2) is 0 Å². The lowest BCUT2D eigenvalue weighted by atomic mass is 9.89. The number of rotatable bonds is 4. The third-order valence-electron chi connectivity index (χ3n) is 5.65. The van der Waals surface area contributed by atoms with Crippen LogP contribution in [0.5, 0.6) is 0 Å². The number of carbonyl (C=O) groups is 3. The van der Waals surface area contributed by atoms with Crippen LogP contribution in [0.25, 0.3) is 0 Å². The van der Waals surface area contributed by atoms with E-state index in [1.54, 1.807) is 16.7 Å². The molecule has 0 aromatic heterocycles. The zero-order valence-corrected chi connectivity index (χ0v) is 15.4. The van der Waals surface area contributed by atoms with Crippen molar-refractivity contribution in [1.29, 1.82) is 0 Å². The number of carboxylic acid groups (broad SMARTS) is 1. The molecule has 1 aromatic rings. The molecule has 1 aromatic carbocycles. The van der Waals surface area contributed by atoms with Gasteiger partial charge in [-0.1, -0.05) is 29.8 Å². The standard InChI is InChI=1S/C20H26N2O4/c1-13-5-7-15(8-6-13)11-21-12-16(10-18(21)23)19(24)22-9-3-4-17(14(22)2)20(25)26/h5-8,14,16-17H,3-4,9-12H2,1-2H3,(H,25,26)/t14-,16?,17-/m1/s1. The van der Waals surface area contributed by atoms with Gasteiger partial charge in [0.1, 0.15) is 0 Å². The Labute approximate surface area is 153 Å². The van der Waals surface area contributed by atoms with Gasteiger partial charge in [-0.05, 0) is 32.3 Å². The number of hydrogen-bond donors (Lipinski definition) is 1. The Kier molecular flexibility index (Phi) is 5.30. The van der Waals surface area contributed by atoms with E-state index in [1.807, 2.05) is 31.2 Å². The van der Waals surface area contributed by atoms with Crippen molar-refractivity contribution in [3.05, 3.63) is 35.4 Å². The molecule has 2 amide bonds. The quantitative estimate of drug-likeness (QED) is 0.894. The van der Waals surface area contributed by atoms with Crippen LogP contribution in [0.3, 0.4) is 0 Å². The first kappa shape index (κ1) is 18.4. The summed E-state index contributed by atoms with van der Waals surface area (Å²) in [6, 6.07) is 7.71. The average Bonchev–Trinajstić information content (AvgIpc) is 2.97. The van der Waals surface area contributed by atoms with E-state index in [1.165, 1.54) is 5.56 Å². The van der Waals surface area contributed by atoms with Crippen molar-refractivity contribution < 1.29 is 19.5 Å². The number of carboxylic acids is 1. The molecule has 1 N–H and O–H groups in total. The van der Waals surface area contributed by atoms with E-state index in [2.05, 4.69) is 0 Å². The van der Waals surface area contributed by atoms with Crippen LogP contribution in [0.4, 0.5) is 0 Å². The van der Waals surface area contributed by atoms with Crippen LogP contribution in [0.1, 0.15) is 37.3 Å². The van der Waals surface area contributed by atoms with Crippen molar-refractivity contribution in [2.24, 2.45) is 11.8 Å². The summed E-state index contributed by atoms with van der Waals surface area (Å²) in [6.07, 6.45) is 1.51. The molecule has 1 unspecified atom stereocenters. The van der Waals surface area contributed by atoms with E-state index < -0.39 is 11.9 Å². The van der Waals surface area contributed by atoms with E-state index in [4.69, 9.17) is 0 Å². The minimum absolute atomic E-state index is 0.0108. The maximum absolute atomic E-state index is 12.9. The molecule has 2 fully saturated rings. The van der Waals surface area contributed by atoms with Crippen LogP contribution in [-0.2, 0) is 20.9 Å². The van der Waals surface area contributed by atoms with Crippen LogP contribution in [0.2, 0.25) is 0 Å². The molecule has 0 spiro atoms. The van der Waals surface area contributed by atoms with Gasteiger partial charge in [0.2, 0.25) is 11.8 Å². The number of amides is 2. The molecule has 0 aliphatic carbocycles. The molecule has 0 saturated carbocycles. The molecule has 2 aliphatic heterocycles. The Balaban J connectivity index is 1.65. The molecule has 2 saturated heterocycles. The van der Waals surface area contributed by atoms with Gasteiger partial charge < -0.3 is 14.9 Å². The predicted octanol–water partition coefficient (Wildman–Crippen LogP) is 2.06. The van der Waals surface area contributed by atoms with Crippen LogP contribution >= 0.6 is 0 Å². The van der Waals surface area contributed by atoms with Gasteiger partial charge in [0.15, 0.2) is 0 Å². The molecule has 26 heavy (non-hydrogen) atoms. The van der Waals surface area contributed by atoms with Crippen molar-refractivity contribution in [2.75, 3.05) is 13.1 Å². The van der Waals surface area contributed by atoms with E-state index in [0.717, 1.165) is 5.56 Å². The minimum atomic E-state index is -0.849. The topological polar surface area (TPSA) is 77.9 Å². The predicted molar refractivity (Wildman–Crippen MR) is 96.2 cm³/mol. The highest BCUT2D eigenvalue weighted by molar-refractivity contribution is 5.89. The number of likely N-dealkylation sites (tertiary alicyclic amines) is 2. The summed E-state index contributed by atoms with van der Waals surface area (Å²) in [5.74, 6) is -1.83. The number of aryl methyl sites for hydroxylation is 1. The number of piperidine rings is 1. The van der Waals surface area contributed by atoms with Crippen molar-refractivity contribution in [2.45, 2.75) is 45.7 Å². The molecular weight excluding hydrogens is 332 g/mol. The van der Waals surface area contributed by atoms with E-state index >= 15 is 0 Å². The molecule has 140 valence electrons. The van der Waals surface area contributed by atoms with E-state index in [9.17, 15) is 19.5 Å². The Morgan fingerprint density at radius 2 is 1.92 bits per heavy atom. The zero-order chi connectivity index (χ0) is 18.8. The van der Waals surface area contributed by atoms with Crippen LogP contribution in [0.15, 0.2) is 24.3 Å². The number of carbonyl (C=O) groups excluding carboxylic acids is 2. The number of hydrogen-bond acceptors (Lipinski definition) is 3. The average molecular weight is 358 g/mol. The maximum atomic E-state index is 12.9. The largest absolute Gasteiger partial charge is 0.481 e. The third-order valence-corrected chi connectivity index (χ3v) is 5.65. The van der Waals surface area contributed by atoms with Crippen LogP contribution in [-0.4, -0.2) is 51.8 Å². The number of aliphatic carboxylic acids is 1. The van der Waals surface area contributed by atoms with E-state index in [-0.39, 0.29) is 30.2 Å². The summed E-state index contributed by atoms with van der Waals surface area (Å²) >= 11 is 0. The summed E-state index contributed by atoms with van der Waals surface area (Å²) in [5, 5.41) is 9.34. The van der Waals surface area contributed by atoms with Gasteiger partial charge >= 0.3 is 5.97 Å². The Bertz CT molecular complexity index is 700. The second-order valence-corrected chi connectivity index (χ2v) is 7.52. The van der Waals surface area contributed by atoms with Crippen molar-refractivity contribution in [3.8, 4) is 0 Å². The molecule has 0 bridgehead atoms. The van der Waals surface area contributed by atoms with Crippen LogP contribution < -0.4 is 0 Å². The zero-order valence-electron chi connectivity index (χ0n) is 15.4. The fourth-order valence-corrected chi connectivity index (χ4v) is 4.02. The SMILES string of the molecule is Cc1ccc(CN2CC(C(=O)N3CCC[C@@H](C(=O)O)[C@H]3C)CC2=O)cc1. The van der Waals surface area contributed by atoms with Gasteiger partial charge in [0.25, 0.3) is 0 Å². The smallest absolute Gasteiger partial charge is 0.308 e. The lowest BCUT2D eigenvalue weighted by molar-refractivity contribution is -0.150. The molecule has 0 radical (unpaired) electrons. The highest BCUT2D eigenvalue weighted by Gasteiger charge is 2.41. The second-order valence-electron chi connectivity index (χ2n) is 7.52. The Hall–Kier alpha value is -2.37. The third kappa shape index (κ3) is 3.74. The minimum Gasteiger partial charge on any atom is -0.481 e. The van der Waals surface area contributed by atoms with Gasteiger partial charge in [0, 0.05) is 32.1 Å².